The Morgan fingerprint density at radius 1 is 1.08 bits per heavy atom. The van der Waals surface area contributed by atoms with Crippen LogP contribution in [0.5, 0.6) is 11.5 Å². The second-order valence-corrected chi connectivity index (χ2v) is 6.37. The molecular weight excluding hydrogens is 338 g/mol. The van der Waals surface area contributed by atoms with E-state index < -0.39 is 6.10 Å². The molecule has 1 amide bonds. The fourth-order valence-electron chi connectivity index (χ4n) is 2.47. The number of rotatable bonds is 8. The topological polar surface area (TPSA) is 47.6 Å². The minimum Gasteiger partial charge on any atom is -0.492 e. The number of hydrogen-bond acceptors (Lipinski definition) is 3. The first-order valence-electron chi connectivity index (χ1n) is 8.39. The van der Waals surface area contributed by atoms with Crippen molar-refractivity contribution in [1.82, 2.24) is 5.32 Å². The molecule has 2 aromatic rings. The van der Waals surface area contributed by atoms with Gasteiger partial charge in [0.1, 0.15) is 18.1 Å². The maximum Gasteiger partial charge on any atom is 0.261 e. The first kappa shape index (κ1) is 19.1. The van der Waals surface area contributed by atoms with Crippen LogP contribution in [0.1, 0.15) is 24.5 Å². The van der Waals surface area contributed by atoms with E-state index in [-0.39, 0.29) is 5.91 Å². The molecule has 0 saturated heterocycles. The summed E-state index contributed by atoms with van der Waals surface area (Å²) in [6.45, 7) is 6.80. The van der Waals surface area contributed by atoms with Crippen LogP contribution in [0, 0.1) is 13.8 Å². The molecule has 0 aliphatic heterocycles. The Hall–Kier alpha value is -2.20. The van der Waals surface area contributed by atoms with E-state index >= 15 is 0 Å². The van der Waals surface area contributed by atoms with Gasteiger partial charge in [0.25, 0.3) is 5.91 Å². The number of aryl methyl sites for hydroxylation is 2. The second kappa shape index (κ2) is 9.33. The smallest absolute Gasteiger partial charge is 0.261 e. The Morgan fingerprint density at radius 2 is 1.72 bits per heavy atom. The van der Waals surface area contributed by atoms with Crippen molar-refractivity contribution in [3.8, 4) is 11.5 Å². The molecule has 0 heterocycles. The summed E-state index contributed by atoms with van der Waals surface area (Å²) in [5.74, 6) is 1.29. The molecule has 0 fully saturated rings. The molecule has 0 bridgehead atoms. The summed E-state index contributed by atoms with van der Waals surface area (Å²) in [5.41, 5.74) is 2.31. The van der Waals surface area contributed by atoms with E-state index in [9.17, 15) is 4.79 Å². The van der Waals surface area contributed by atoms with Crippen LogP contribution >= 0.6 is 11.6 Å². The minimum absolute atomic E-state index is 0.151. The molecule has 0 spiro atoms. The quantitative estimate of drug-likeness (QED) is 0.713. The van der Waals surface area contributed by atoms with E-state index in [2.05, 4.69) is 11.4 Å². The van der Waals surface area contributed by atoms with E-state index in [0.29, 0.717) is 30.3 Å². The number of nitrogens with one attached hydrogen (secondary N) is 1. The van der Waals surface area contributed by atoms with Crippen LogP contribution in [0.15, 0.2) is 42.5 Å². The summed E-state index contributed by atoms with van der Waals surface area (Å²) in [4.78, 5) is 12.2. The summed E-state index contributed by atoms with van der Waals surface area (Å²) in [6, 6.07) is 13.0. The van der Waals surface area contributed by atoms with Crippen LogP contribution in [0.25, 0.3) is 0 Å². The van der Waals surface area contributed by atoms with Gasteiger partial charge < -0.3 is 14.8 Å². The minimum atomic E-state index is -0.539. The normalized spacial score (nSPS) is 11.7. The molecule has 0 unspecified atom stereocenters. The molecule has 0 aliphatic rings. The van der Waals surface area contributed by atoms with Gasteiger partial charge in [-0.05, 0) is 67.8 Å². The summed E-state index contributed by atoms with van der Waals surface area (Å²) < 4.78 is 11.4. The molecule has 0 aliphatic carbocycles. The zero-order chi connectivity index (χ0) is 18.2. The summed E-state index contributed by atoms with van der Waals surface area (Å²) in [5, 5.41) is 3.48. The zero-order valence-electron chi connectivity index (χ0n) is 14.8. The van der Waals surface area contributed by atoms with Crippen molar-refractivity contribution in [2.24, 2.45) is 0 Å². The number of ether oxygens (including phenoxy) is 2. The molecule has 25 heavy (non-hydrogen) atoms. The second-order valence-electron chi connectivity index (χ2n) is 5.93. The first-order valence-corrected chi connectivity index (χ1v) is 8.76. The van der Waals surface area contributed by atoms with Gasteiger partial charge in [-0.15, -0.1) is 0 Å². The average Bonchev–Trinajstić information content (AvgIpc) is 2.57. The lowest BCUT2D eigenvalue weighted by Crippen LogP contribution is -2.39. The third kappa shape index (κ3) is 6.31. The van der Waals surface area contributed by atoms with Crippen LogP contribution in [0.4, 0.5) is 0 Å². The van der Waals surface area contributed by atoms with Crippen molar-refractivity contribution in [3.63, 3.8) is 0 Å². The fraction of sp³-hybridized carbons (Fsp3) is 0.350. The van der Waals surface area contributed by atoms with Crippen molar-refractivity contribution < 1.29 is 14.3 Å². The van der Waals surface area contributed by atoms with E-state index in [0.717, 1.165) is 16.9 Å². The first-order chi connectivity index (χ1) is 12.0. The Labute approximate surface area is 154 Å². The van der Waals surface area contributed by atoms with E-state index in [1.165, 1.54) is 0 Å². The van der Waals surface area contributed by atoms with Gasteiger partial charge in [-0.2, -0.15) is 0 Å². The third-order valence-electron chi connectivity index (χ3n) is 3.62. The lowest BCUT2D eigenvalue weighted by atomic mass is 10.1. The van der Waals surface area contributed by atoms with Gasteiger partial charge in [-0.3, -0.25) is 4.79 Å². The highest BCUT2D eigenvalue weighted by atomic mass is 35.5. The lowest BCUT2D eigenvalue weighted by Gasteiger charge is -2.17. The SMILES string of the molecule is CC[C@@H](Oc1ccc(Cl)cc1)C(=O)NCCOc1cc(C)cc(C)c1. The van der Waals surface area contributed by atoms with Crippen molar-refractivity contribution in [3.05, 3.63) is 58.6 Å². The van der Waals surface area contributed by atoms with E-state index in [4.69, 9.17) is 21.1 Å². The Bertz CT molecular complexity index is 680. The van der Waals surface area contributed by atoms with Gasteiger partial charge in [-0.1, -0.05) is 24.6 Å². The van der Waals surface area contributed by atoms with Crippen molar-refractivity contribution in [1.29, 1.82) is 0 Å². The Morgan fingerprint density at radius 3 is 2.32 bits per heavy atom. The van der Waals surface area contributed by atoms with Crippen LogP contribution < -0.4 is 14.8 Å². The lowest BCUT2D eigenvalue weighted by molar-refractivity contribution is -0.128. The van der Waals surface area contributed by atoms with Gasteiger partial charge in [0.15, 0.2) is 6.10 Å². The average molecular weight is 362 g/mol. The van der Waals surface area contributed by atoms with Crippen molar-refractivity contribution >= 4 is 17.5 Å². The van der Waals surface area contributed by atoms with Gasteiger partial charge in [0, 0.05) is 5.02 Å². The van der Waals surface area contributed by atoms with Crippen LogP contribution in [-0.2, 0) is 4.79 Å². The summed E-state index contributed by atoms with van der Waals surface area (Å²) >= 11 is 5.85. The zero-order valence-corrected chi connectivity index (χ0v) is 15.6. The molecule has 1 N–H and O–H groups in total. The maximum absolute atomic E-state index is 12.2. The number of carbonyl (C=O) groups is 1. The van der Waals surface area contributed by atoms with Crippen LogP contribution in [-0.4, -0.2) is 25.2 Å². The molecule has 134 valence electrons. The highest BCUT2D eigenvalue weighted by molar-refractivity contribution is 6.30. The summed E-state index contributed by atoms with van der Waals surface area (Å²) in [7, 11) is 0. The van der Waals surface area contributed by atoms with Crippen LogP contribution in [0.3, 0.4) is 0 Å². The van der Waals surface area contributed by atoms with E-state index in [1.54, 1.807) is 24.3 Å². The Balaban J connectivity index is 1.78. The highest BCUT2D eigenvalue weighted by Gasteiger charge is 2.17. The molecular formula is C20H24ClNO3. The molecule has 5 heteroatoms. The molecule has 4 nitrogen and oxygen atoms in total. The third-order valence-corrected chi connectivity index (χ3v) is 3.87. The van der Waals surface area contributed by atoms with Crippen molar-refractivity contribution in [2.75, 3.05) is 13.2 Å². The number of amides is 1. The molecule has 2 rings (SSSR count). The van der Waals surface area contributed by atoms with Crippen molar-refractivity contribution in [2.45, 2.75) is 33.3 Å². The number of carbonyl (C=O) groups excluding carboxylic acids is 1. The van der Waals surface area contributed by atoms with Crippen LogP contribution in [0.2, 0.25) is 5.02 Å². The molecule has 0 radical (unpaired) electrons. The fourth-order valence-corrected chi connectivity index (χ4v) is 2.60. The predicted molar refractivity (Wildman–Crippen MR) is 101 cm³/mol. The molecule has 0 saturated carbocycles. The molecule has 1 atom stereocenters. The van der Waals surface area contributed by atoms with Gasteiger partial charge >= 0.3 is 0 Å². The maximum atomic E-state index is 12.2. The Kier molecular flexibility index (Phi) is 7.14. The van der Waals surface area contributed by atoms with Gasteiger partial charge in [0.05, 0.1) is 6.54 Å². The standard InChI is InChI=1S/C20H24ClNO3/c1-4-19(25-17-7-5-16(21)6-8-17)20(23)22-9-10-24-18-12-14(2)11-15(3)13-18/h5-8,11-13,19H,4,9-10H2,1-3H3,(H,22,23)/t19-/m1/s1. The number of hydrogen-bond donors (Lipinski definition) is 1. The largest absolute Gasteiger partial charge is 0.492 e. The molecule has 0 aromatic heterocycles. The van der Waals surface area contributed by atoms with Gasteiger partial charge in [-0.25, -0.2) is 0 Å². The highest BCUT2D eigenvalue weighted by Crippen LogP contribution is 2.18. The predicted octanol–water partition coefficient (Wildman–Crippen LogP) is 4.31. The number of benzene rings is 2. The summed E-state index contributed by atoms with van der Waals surface area (Å²) in [6.07, 6.45) is 0.0363. The monoisotopic (exact) mass is 361 g/mol. The van der Waals surface area contributed by atoms with Gasteiger partial charge in [0.2, 0.25) is 0 Å². The number of halogens is 1. The molecule has 2 aromatic carbocycles. The van der Waals surface area contributed by atoms with E-state index in [1.807, 2.05) is 32.9 Å².